The third-order valence-electron chi connectivity index (χ3n) is 7.41. The number of nitrogens with zero attached hydrogens (tertiary/aromatic N) is 3. The minimum absolute atomic E-state index is 0.0555. The number of amides is 1. The number of aliphatic hydroxyl groups excluding tert-OH is 2. The molecule has 1 amide bonds. The Bertz CT molecular complexity index is 1290. The van der Waals surface area contributed by atoms with E-state index in [4.69, 9.17) is 4.74 Å². The van der Waals surface area contributed by atoms with Crippen molar-refractivity contribution in [3.63, 3.8) is 0 Å². The van der Waals surface area contributed by atoms with Crippen LogP contribution in [0.3, 0.4) is 0 Å². The molecule has 0 radical (unpaired) electrons. The lowest BCUT2D eigenvalue weighted by atomic mass is 9.90. The van der Waals surface area contributed by atoms with Gasteiger partial charge in [0.1, 0.15) is 12.0 Å². The number of nitro groups is 1. The number of thioether (sulfide) groups is 2. The normalized spacial score (nSPS) is 24.0. The van der Waals surface area contributed by atoms with E-state index in [0.717, 1.165) is 25.1 Å². The number of nitro benzene ring substituents is 1. The van der Waals surface area contributed by atoms with Crippen LogP contribution < -0.4 is 0 Å². The predicted octanol–water partition coefficient (Wildman–Crippen LogP) is 3.65. The third kappa shape index (κ3) is 5.91. The van der Waals surface area contributed by atoms with Gasteiger partial charge in [-0.2, -0.15) is 0 Å². The number of fused-ring (bicyclic) bond motifs is 1. The summed E-state index contributed by atoms with van der Waals surface area (Å²) in [4.78, 5) is 40.4. The molecule has 1 unspecified atom stereocenters. The standard InChI is InChI=1S/C28H31N3O7S2/c1-2-21(32)23-25(34)30-24(27(35)38-16-17-8-10-19(11-9-17)31(36)37)28(40-26(23)30)39-20-12-13-29(14-20)15-22(33)18-6-4-3-5-7-18/h3-11,20-23,26,32-33H,2,12-16H2,1H3/t20?,21-,22-,23+,26+/m0/s1. The molecule has 0 aliphatic carbocycles. The van der Waals surface area contributed by atoms with Crippen molar-refractivity contribution in [3.8, 4) is 0 Å². The first-order valence-corrected chi connectivity index (χ1v) is 15.0. The molecule has 0 spiro atoms. The molecule has 2 N–H and O–H groups in total. The molecular formula is C28H31N3O7S2. The van der Waals surface area contributed by atoms with Crippen molar-refractivity contribution in [1.82, 2.24) is 9.80 Å². The number of β-amino-alcohol motifs (C(OH)–C–C–N with tert-alkyl or cyclic N) is 1. The number of carbonyl (C=O) groups is 2. The SMILES string of the molecule is CC[C@H](O)[C@@H]1C(=O)N2C(C(=O)OCc3ccc([N+](=O)[O-])cc3)=C(SC3CCN(C[C@H](O)c4ccccc4)C3)S[C@H]12. The van der Waals surface area contributed by atoms with Crippen molar-refractivity contribution in [3.05, 3.63) is 85.8 Å². The van der Waals surface area contributed by atoms with Gasteiger partial charge < -0.3 is 14.9 Å². The van der Waals surface area contributed by atoms with Gasteiger partial charge in [-0.1, -0.05) is 49.0 Å². The Morgan fingerprint density at radius 1 is 1.20 bits per heavy atom. The third-order valence-corrected chi connectivity index (χ3v) is 10.3. The monoisotopic (exact) mass is 585 g/mol. The average molecular weight is 586 g/mol. The fraction of sp³-hybridized carbons (Fsp3) is 0.429. The molecular weight excluding hydrogens is 554 g/mol. The number of rotatable bonds is 11. The van der Waals surface area contributed by atoms with Gasteiger partial charge in [0.05, 0.1) is 27.3 Å². The van der Waals surface area contributed by atoms with Gasteiger partial charge in [0.25, 0.3) is 5.69 Å². The summed E-state index contributed by atoms with van der Waals surface area (Å²) in [6.45, 7) is 3.77. The van der Waals surface area contributed by atoms with Crippen LogP contribution in [0.4, 0.5) is 5.69 Å². The van der Waals surface area contributed by atoms with Crippen LogP contribution in [0.25, 0.3) is 0 Å². The number of benzene rings is 2. The van der Waals surface area contributed by atoms with Crippen molar-refractivity contribution in [2.24, 2.45) is 5.92 Å². The molecule has 5 atom stereocenters. The Morgan fingerprint density at radius 3 is 2.60 bits per heavy atom. The van der Waals surface area contributed by atoms with Gasteiger partial charge in [-0.3, -0.25) is 24.7 Å². The maximum absolute atomic E-state index is 13.3. The maximum atomic E-state index is 13.3. The van der Waals surface area contributed by atoms with Gasteiger partial charge in [-0.25, -0.2) is 4.79 Å². The minimum Gasteiger partial charge on any atom is -0.456 e. The van der Waals surface area contributed by atoms with E-state index in [0.29, 0.717) is 22.8 Å². The molecule has 3 aliphatic heterocycles. The zero-order chi connectivity index (χ0) is 28.4. The Labute approximate surface area is 240 Å². The number of likely N-dealkylation sites (tertiary alicyclic amines) is 1. The summed E-state index contributed by atoms with van der Waals surface area (Å²) in [7, 11) is 0. The summed E-state index contributed by atoms with van der Waals surface area (Å²) in [5.74, 6) is -1.50. The summed E-state index contributed by atoms with van der Waals surface area (Å²) < 4.78 is 6.26. The fourth-order valence-electron chi connectivity index (χ4n) is 5.15. The van der Waals surface area contributed by atoms with Gasteiger partial charge in [-0.15, -0.1) is 11.8 Å². The second kappa shape index (κ2) is 12.3. The Kier molecular flexibility index (Phi) is 8.81. The number of esters is 1. The van der Waals surface area contributed by atoms with Crippen LogP contribution in [0.5, 0.6) is 0 Å². The van der Waals surface area contributed by atoms with Crippen molar-refractivity contribution in [2.75, 3.05) is 19.6 Å². The zero-order valence-corrected chi connectivity index (χ0v) is 23.6. The molecule has 212 valence electrons. The summed E-state index contributed by atoms with van der Waals surface area (Å²) in [5, 5.41) is 31.8. The number of hydrogen-bond donors (Lipinski definition) is 2. The van der Waals surface area contributed by atoms with Crippen molar-refractivity contribution < 1.29 is 29.5 Å². The van der Waals surface area contributed by atoms with E-state index in [9.17, 15) is 29.9 Å². The molecule has 0 aromatic heterocycles. The molecule has 0 bridgehead atoms. The van der Waals surface area contributed by atoms with Gasteiger partial charge in [0.15, 0.2) is 5.70 Å². The van der Waals surface area contributed by atoms with Crippen LogP contribution in [-0.4, -0.2) is 73.2 Å². The number of β-lactam (4-membered cyclic amide) rings is 1. The van der Waals surface area contributed by atoms with E-state index in [-0.39, 0.29) is 34.5 Å². The van der Waals surface area contributed by atoms with E-state index in [2.05, 4.69) is 4.90 Å². The number of aliphatic hydroxyl groups is 2. The largest absolute Gasteiger partial charge is 0.456 e. The highest BCUT2D eigenvalue weighted by Crippen LogP contribution is 2.55. The van der Waals surface area contributed by atoms with E-state index < -0.39 is 29.0 Å². The average Bonchev–Trinajstić information content (AvgIpc) is 3.54. The first-order valence-electron chi connectivity index (χ1n) is 13.2. The van der Waals surface area contributed by atoms with E-state index in [1.807, 2.05) is 37.3 Å². The molecule has 3 aliphatic rings. The van der Waals surface area contributed by atoms with Crippen LogP contribution >= 0.6 is 23.5 Å². The molecule has 40 heavy (non-hydrogen) atoms. The van der Waals surface area contributed by atoms with Gasteiger partial charge in [0, 0.05) is 30.5 Å². The zero-order valence-electron chi connectivity index (χ0n) is 21.9. The number of non-ortho nitro benzene ring substituents is 1. The quantitative estimate of drug-likeness (QED) is 0.174. The summed E-state index contributed by atoms with van der Waals surface area (Å²) >= 11 is 2.97. The van der Waals surface area contributed by atoms with Crippen LogP contribution in [0.15, 0.2) is 64.5 Å². The summed E-state index contributed by atoms with van der Waals surface area (Å²) in [5.41, 5.74) is 1.61. The second-order valence-electron chi connectivity index (χ2n) is 10.1. The molecule has 5 rings (SSSR count). The Morgan fingerprint density at radius 2 is 1.93 bits per heavy atom. The summed E-state index contributed by atoms with van der Waals surface area (Å²) in [6, 6.07) is 15.3. The van der Waals surface area contributed by atoms with Gasteiger partial charge in [0.2, 0.25) is 5.91 Å². The Hall–Kier alpha value is -2.90. The predicted molar refractivity (Wildman–Crippen MR) is 152 cm³/mol. The molecule has 2 aromatic carbocycles. The molecule has 2 fully saturated rings. The van der Waals surface area contributed by atoms with Crippen LogP contribution in [0.1, 0.15) is 37.0 Å². The van der Waals surface area contributed by atoms with E-state index >= 15 is 0 Å². The number of ether oxygens (including phenoxy) is 1. The highest BCUT2D eigenvalue weighted by molar-refractivity contribution is 8.23. The van der Waals surface area contributed by atoms with Gasteiger partial charge in [-0.05, 0) is 42.6 Å². The van der Waals surface area contributed by atoms with Crippen molar-refractivity contribution in [1.29, 1.82) is 0 Å². The minimum atomic E-state index is -0.788. The lowest BCUT2D eigenvalue weighted by molar-refractivity contribution is -0.384. The Balaban J connectivity index is 1.27. The van der Waals surface area contributed by atoms with Crippen LogP contribution in [0.2, 0.25) is 0 Å². The molecule has 3 heterocycles. The molecule has 2 saturated heterocycles. The molecule has 2 aromatic rings. The van der Waals surface area contributed by atoms with E-state index in [1.54, 1.807) is 11.8 Å². The van der Waals surface area contributed by atoms with Crippen LogP contribution in [0, 0.1) is 16.0 Å². The highest BCUT2D eigenvalue weighted by Gasteiger charge is 2.58. The van der Waals surface area contributed by atoms with Crippen molar-refractivity contribution in [2.45, 2.75) is 49.2 Å². The molecule has 10 nitrogen and oxygen atoms in total. The first kappa shape index (κ1) is 28.6. The lowest BCUT2D eigenvalue weighted by Crippen LogP contribution is -2.61. The highest BCUT2D eigenvalue weighted by atomic mass is 32.2. The number of carbonyl (C=O) groups excluding carboxylic acids is 2. The maximum Gasteiger partial charge on any atom is 0.357 e. The first-order chi connectivity index (χ1) is 19.3. The second-order valence-corrected chi connectivity index (χ2v) is 12.8. The van der Waals surface area contributed by atoms with Crippen LogP contribution in [-0.2, 0) is 20.9 Å². The molecule has 0 saturated carbocycles. The number of hydrogen-bond acceptors (Lipinski definition) is 10. The van der Waals surface area contributed by atoms with Gasteiger partial charge >= 0.3 is 5.97 Å². The van der Waals surface area contributed by atoms with Crippen molar-refractivity contribution >= 4 is 41.1 Å². The smallest absolute Gasteiger partial charge is 0.357 e. The molecule has 12 heteroatoms. The lowest BCUT2D eigenvalue weighted by Gasteiger charge is -2.44. The summed E-state index contributed by atoms with van der Waals surface area (Å²) in [6.07, 6.45) is -0.0817. The topological polar surface area (TPSA) is 133 Å². The van der Waals surface area contributed by atoms with E-state index in [1.165, 1.54) is 40.9 Å². The fourth-order valence-corrected chi connectivity index (χ4v) is 8.46.